The Kier molecular flexibility index (Phi) is 5.42. The van der Waals surface area contributed by atoms with E-state index in [0.717, 1.165) is 11.1 Å². The zero-order chi connectivity index (χ0) is 20.3. The standard InChI is InChI=1S/C22H23N3O4/c26-20-15-25(14-18-11-19(24-29-18)17-7-4-9-23-13-17)10-8-22(20,21(27)28)12-16-5-2-1-3-6-16/h1-7,9,11,13,20,26H,8,10,12,14-15H2,(H,27,28)/t20-,22+/m0/s1. The Hall–Kier alpha value is -3.03. The fourth-order valence-electron chi connectivity index (χ4n) is 3.93. The highest BCUT2D eigenvalue weighted by atomic mass is 16.5. The average Bonchev–Trinajstić information content (AvgIpc) is 3.20. The Morgan fingerprint density at radius 3 is 2.76 bits per heavy atom. The Balaban J connectivity index is 1.44. The van der Waals surface area contributed by atoms with Crippen molar-refractivity contribution in [1.82, 2.24) is 15.0 Å². The van der Waals surface area contributed by atoms with Gasteiger partial charge in [0.2, 0.25) is 0 Å². The molecule has 0 unspecified atom stereocenters. The number of aromatic nitrogens is 2. The number of carboxylic acids is 1. The SMILES string of the molecule is O=C(O)[C@@]1(Cc2ccccc2)CCN(Cc2cc(-c3cccnc3)no2)C[C@@H]1O. The number of β-amino-alcohol motifs (C(OH)–C–C–N with tert-alkyl or cyclic N) is 1. The van der Waals surface area contributed by atoms with E-state index in [1.807, 2.05) is 53.4 Å². The Morgan fingerprint density at radius 1 is 1.24 bits per heavy atom. The number of carbonyl (C=O) groups is 1. The van der Waals surface area contributed by atoms with Crippen LogP contribution in [0.15, 0.2) is 65.4 Å². The summed E-state index contributed by atoms with van der Waals surface area (Å²) in [5.74, 6) is -0.283. The maximum Gasteiger partial charge on any atom is 0.312 e. The van der Waals surface area contributed by atoms with E-state index in [9.17, 15) is 15.0 Å². The van der Waals surface area contributed by atoms with Crippen molar-refractivity contribution in [2.45, 2.75) is 25.5 Å². The molecule has 0 aliphatic carbocycles. The zero-order valence-corrected chi connectivity index (χ0v) is 15.9. The van der Waals surface area contributed by atoms with E-state index >= 15 is 0 Å². The number of nitrogens with zero attached hydrogens (tertiary/aromatic N) is 3. The summed E-state index contributed by atoms with van der Waals surface area (Å²) in [7, 11) is 0. The highest BCUT2D eigenvalue weighted by molar-refractivity contribution is 5.76. The van der Waals surface area contributed by atoms with Crippen LogP contribution in [-0.2, 0) is 17.8 Å². The molecule has 2 aromatic heterocycles. The molecule has 0 bridgehead atoms. The molecule has 3 aromatic rings. The Labute approximate surface area is 168 Å². The quantitative estimate of drug-likeness (QED) is 0.664. The molecule has 3 heterocycles. The van der Waals surface area contributed by atoms with E-state index in [-0.39, 0.29) is 6.54 Å². The molecule has 2 N–H and O–H groups in total. The van der Waals surface area contributed by atoms with Crippen molar-refractivity contribution in [2.24, 2.45) is 5.41 Å². The van der Waals surface area contributed by atoms with Gasteiger partial charge in [-0.05, 0) is 37.1 Å². The number of rotatable bonds is 6. The van der Waals surface area contributed by atoms with E-state index in [1.54, 1.807) is 12.4 Å². The van der Waals surface area contributed by atoms with E-state index < -0.39 is 17.5 Å². The van der Waals surface area contributed by atoms with E-state index in [2.05, 4.69) is 10.1 Å². The first-order valence-electron chi connectivity index (χ1n) is 9.60. The predicted molar refractivity (Wildman–Crippen MR) is 106 cm³/mol. The lowest BCUT2D eigenvalue weighted by Gasteiger charge is -2.42. The van der Waals surface area contributed by atoms with Gasteiger partial charge in [0.25, 0.3) is 0 Å². The van der Waals surface area contributed by atoms with Gasteiger partial charge in [-0.2, -0.15) is 0 Å². The summed E-state index contributed by atoms with van der Waals surface area (Å²) in [6.07, 6.45) is 3.11. The number of hydrogen-bond donors (Lipinski definition) is 2. The van der Waals surface area contributed by atoms with Gasteiger partial charge >= 0.3 is 5.97 Å². The number of likely N-dealkylation sites (tertiary alicyclic amines) is 1. The topological polar surface area (TPSA) is 99.7 Å². The van der Waals surface area contributed by atoms with Crippen LogP contribution in [0.25, 0.3) is 11.3 Å². The molecule has 0 saturated carbocycles. The molecule has 1 aliphatic heterocycles. The number of aliphatic hydroxyl groups excluding tert-OH is 1. The fourth-order valence-corrected chi connectivity index (χ4v) is 3.93. The molecular weight excluding hydrogens is 370 g/mol. The van der Waals surface area contributed by atoms with E-state index in [1.165, 1.54) is 0 Å². The summed E-state index contributed by atoms with van der Waals surface area (Å²) >= 11 is 0. The van der Waals surface area contributed by atoms with Gasteiger partial charge in [-0.15, -0.1) is 0 Å². The van der Waals surface area contributed by atoms with Crippen LogP contribution in [0.5, 0.6) is 0 Å². The van der Waals surface area contributed by atoms with Gasteiger partial charge in [0.1, 0.15) is 11.1 Å². The summed E-state index contributed by atoms with van der Waals surface area (Å²) in [5.41, 5.74) is 1.31. The van der Waals surface area contributed by atoms with Gasteiger partial charge in [-0.25, -0.2) is 0 Å². The van der Waals surface area contributed by atoms with Crippen LogP contribution in [0.3, 0.4) is 0 Å². The normalized spacial score (nSPS) is 22.4. The molecule has 1 aromatic carbocycles. The van der Waals surface area contributed by atoms with E-state index in [4.69, 9.17) is 4.52 Å². The van der Waals surface area contributed by atoms with Crippen LogP contribution in [0.2, 0.25) is 0 Å². The van der Waals surface area contributed by atoms with E-state index in [0.29, 0.717) is 37.4 Å². The average molecular weight is 393 g/mol. The first-order chi connectivity index (χ1) is 14.1. The van der Waals surface area contributed by atoms with Crippen molar-refractivity contribution in [3.63, 3.8) is 0 Å². The monoisotopic (exact) mass is 393 g/mol. The molecule has 7 nitrogen and oxygen atoms in total. The van der Waals surface area contributed by atoms with Gasteiger partial charge in [-0.1, -0.05) is 35.5 Å². The Morgan fingerprint density at radius 2 is 2.07 bits per heavy atom. The maximum absolute atomic E-state index is 12.1. The van der Waals surface area contributed by atoms with Crippen molar-refractivity contribution in [3.8, 4) is 11.3 Å². The fraction of sp³-hybridized carbons (Fsp3) is 0.318. The minimum Gasteiger partial charge on any atom is -0.481 e. The van der Waals surface area contributed by atoms with Gasteiger partial charge in [0.05, 0.1) is 12.6 Å². The van der Waals surface area contributed by atoms with Crippen molar-refractivity contribution < 1.29 is 19.5 Å². The molecule has 150 valence electrons. The minimum atomic E-state index is -1.18. The van der Waals surface area contributed by atoms with Gasteiger partial charge < -0.3 is 14.7 Å². The number of benzene rings is 1. The lowest BCUT2D eigenvalue weighted by Crippen LogP contribution is -2.55. The highest BCUT2D eigenvalue weighted by Crippen LogP contribution is 2.36. The van der Waals surface area contributed by atoms with Crippen LogP contribution >= 0.6 is 0 Å². The third-order valence-corrected chi connectivity index (χ3v) is 5.63. The summed E-state index contributed by atoms with van der Waals surface area (Å²) in [6.45, 7) is 1.28. The summed E-state index contributed by atoms with van der Waals surface area (Å²) in [6, 6.07) is 15.1. The summed E-state index contributed by atoms with van der Waals surface area (Å²) < 4.78 is 5.43. The minimum absolute atomic E-state index is 0.266. The van der Waals surface area contributed by atoms with Crippen LogP contribution in [0.1, 0.15) is 17.7 Å². The largest absolute Gasteiger partial charge is 0.481 e. The molecule has 7 heteroatoms. The van der Waals surface area contributed by atoms with Crippen molar-refractivity contribution in [2.75, 3.05) is 13.1 Å². The van der Waals surface area contributed by atoms with Crippen molar-refractivity contribution in [3.05, 3.63) is 72.2 Å². The molecule has 4 rings (SSSR count). The molecular formula is C22H23N3O4. The number of aliphatic hydroxyl groups is 1. The highest BCUT2D eigenvalue weighted by Gasteiger charge is 2.48. The lowest BCUT2D eigenvalue weighted by atomic mass is 9.71. The van der Waals surface area contributed by atoms with Gasteiger partial charge in [0, 0.05) is 30.6 Å². The molecule has 0 amide bonds. The first kappa shape index (κ1) is 19.3. The Bertz CT molecular complexity index is 960. The van der Waals surface area contributed by atoms with Crippen LogP contribution in [0, 0.1) is 5.41 Å². The molecule has 0 spiro atoms. The second-order valence-corrected chi connectivity index (χ2v) is 7.54. The number of hydrogen-bond acceptors (Lipinski definition) is 6. The summed E-state index contributed by atoms with van der Waals surface area (Å²) in [5, 5.41) is 24.8. The molecule has 1 aliphatic rings. The van der Waals surface area contributed by atoms with Crippen molar-refractivity contribution >= 4 is 5.97 Å². The molecule has 0 radical (unpaired) electrons. The van der Waals surface area contributed by atoms with Crippen molar-refractivity contribution in [1.29, 1.82) is 0 Å². The first-order valence-corrected chi connectivity index (χ1v) is 9.60. The third kappa shape index (κ3) is 4.06. The smallest absolute Gasteiger partial charge is 0.312 e. The van der Waals surface area contributed by atoms with Crippen LogP contribution < -0.4 is 0 Å². The second-order valence-electron chi connectivity index (χ2n) is 7.54. The molecule has 1 fully saturated rings. The number of aliphatic carboxylic acids is 1. The molecule has 29 heavy (non-hydrogen) atoms. The lowest BCUT2D eigenvalue weighted by molar-refractivity contribution is -0.163. The number of pyridine rings is 1. The summed E-state index contributed by atoms with van der Waals surface area (Å²) in [4.78, 5) is 18.2. The third-order valence-electron chi connectivity index (χ3n) is 5.63. The second kappa shape index (κ2) is 8.14. The number of piperidine rings is 1. The molecule has 2 atom stereocenters. The molecule has 1 saturated heterocycles. The van der Waals surface area contributed by atoms with Gasteiger partial charge in [-0.3, -0.25) is 14.7 Å². The predicted octanol–water partition coefficient (Wildman–Crippen LogP) is 2.62. The van der Waals surface area contributed by atoms with Gasteiger partial charge in [0.15, 0.2) is 5.76 Å². The maximum atomic E-state index is 12.1. The zero-order valence-electron chi connectivity index (χ0n) is 15.9. The number of carboxylic acid groups (broad SMARTS) is 1. The van der Waals surface area contributed by atoms with Crippen LogP contribution in [-0.4, -0.2) is 50.4 Å². The van der Waals surface area contributed by atoms with Crippen LogP contribution in [0.4, 0.5) is 0 Å².